The highest BCUT2D eigenvalue weighted by atomic mass is 16.6. The maximum Gasteiger partial charge on any atom is 0.414 e. The number of benzene rings is 2. The van der Waals surface area contributed by atoms with Crippen molar-refractivity contribution in [3.05, 3.63) is 58.1 Å². The Balaban J connectivity index is 1.61. The Kier molecular flexibility index (Phi) is 4.38. The molecule has 1 fully saturated rings. The van der Waals surface area contributed by atoms with Crippen LogP contribution in [0.1, 0.15) is 46.6 Å². The van der Waals surface area contributed by atoms with Gasteiger partial charge in [-0.15, -0.1) is 0 Å². The Hall–Kier alpha value is -2.82. The average Bonchev–Trinajstić information content (AvgIpc) is 2.97. The molecule has 5 heteroatoms. The molecule has 0 bridgehead atoms. The first-order valence-corrected chi connectivity index (χ1v) is 9.32. The van der Waals surface area contributed by atoms with Gasteiger partial charge in [0.2, 0.25) is 0 Å². The van der Waals surface area contributed by atoms with Crippen molar-refractivity contribution < 1.29 is 19.1 Å². The van der Waals surface area contributed by atoms with Gasteiger partial charge >= 0.3 is 6.09 Å². The van der Waals surface area contributed by atoms with Crippen LogP contribution in [0.2, 0.25) is 0 Å². The zero-order chi connectivity index (χ0) is 19.1. The molecule has 1 saturated heterocycles. The van der Waals surface area contributed by atoms with Crippen molar-refractivity contribution in [2.45, 2.75) is 52.1 Å². The van der Waals surface area contributed by atoms with Gasteiger partial charge in [-0.1, -0.05) is 12.1 Å². The van der Waals surface area contributed by atoms with Crippen LogP contribution in [0.5, 0.6) is 11.5 Å². The number of alkyl carbamates (subject to hydrolysis) is 1. The van der Waals surface area contributed by atoms with Gasteiger partial charge in [0.15, 0.2) is 6.10 Å². The molecule has 0 radical (unpaired) electrons. The molecule has 2 atom stereocenters. The number of hydrogen-bond acceptors (Lipinski definition) is 4. The quantitative estimate of drug-likeness (QED) is 0.872. The van der Waals surface area contributed by atoms with Crippen LogP contribution in [0.3, 0.4) is 0 Å². The highest BCUT2D eigenvalue weighted by Crippen LogP contribution is 2.39. The molecule has 1 unspecified atom stereocenters. The van der Waals surface area contributed by atoms with E-state index in [4.69, 9.17) is 9.47 Å². The van der Waals surface area contributed by atoms with Crippen molar-refractivity contribution >= 4 is 12.0 Å². The van der Waals surface area contributed by atoms with Crippen molar-refractivity contribution in [3.63, 3.8) is 0 Å². The van der Waals surface area contributed by atoms with E-state index >= 15 is 0 Å². The fourth-order valence-electron chi connectivity index (χ4n) is 4.01. The summed E-state index contributed by atoms with van der Waals surface area (Å²) in [6.07, 6.45) is 1.32. The van der Waals surface area contributed by atoms with Gasteiger partial charge < -0.3 is 9.47 Å². The van der Waals surface area contributed by atoms with Crippen LogP contribution in [0.4, 0.5) is 4.79 Å². The molecular weight excluding hydrogens is 342 g/mol. The molecule has 2 amide bonds. The van der Waals surface area contributed by atoms with Crippen molar-refractivity contribution in [1.82, 2.24) is 5.32 Å². The molecule has 1 aliphatic heterocycles. The second-order valence-corrected chi connectivity index (χ2v) is 7.48. The number of fused-ring (bicyclic) bond motifs is 1. The van der Waals surface area contributed by atoms with Crippen molar-refractivity contribution in [3.8, 4) is 11.5 Å². The van der Waals surface area contributed by atoms with Gasteiger partial charge in [-0.05, 0) is 86.1 Å². The number of carbonyl (C=O) groups is 2. The Labute approximate surface area is 158 Å². The standard InChI is InChI=1S/C22H23NO4/c1-12-9-14(3)19(10-13(12)2)26-16-7-8-17-15(11-16)5-4-6-18(17)20-21(24)23-22(25)27-20/h7-11,18,20H,4-6H2,1-3H3,(H,23,24,25)/t18-,20?/m1/s1. The number of rotatable bonds is 3. The molecule has 5 nitrogen and oxygen atoms in total. The van der Waals surface area contributed by atoms with Crippen LogP contribution in [0.15, 0.2) is 30.3 Å². The van der Waals surface area contributed by atoms with Crippen LogP contribution >= 0.6 is 0 Å². The Morgan fingerprint density at radius 3 is 2.56 bits per heavy atom. The van der Waals surface area contributed by atoms with Crippen molar-refractivity contribution in [2.75, 3.05) is 0 Å². The number of aryl methyl sites for hydroxylation is 4. The first-order chi connectivity index (χ1) is 12.9. The summed E-state index contributed by atoms with van der Waals surface area (Å²) in [5.74, 6) is 1.20. The summed E-state index contributed by atoms with van der Waals surface area (Å²) in [5.41, 5.74) is 5.77. The zero-order valence-corrected chi connectivity index (χ0v) is 15.8. The number of amides is 2. The summed E-state index contributed by atoms with van der Waals surface area (Å²) < 4.78 is 11.4. The van der Waals surface area contributed by atoms with E-state index in [1.54, 1.807) is 0 Å². The summed E-state index contributed by atoms with van der Waals surface area (Å²) in [4.78, 5) is 23.4. The maximum atomic E-state index is 12.0. The molecule has 2 aliphatic rings. The predicted molar refractivity (Wildman–Crippen MR) is 101 cm³/mol. The minimum absolute atomic E-state index is 0.0994. The summed E-state index contributed by atoms with van der Waals surface area (Å²) in [7, 11) is 0. The molecule has 27 heavy (non-hydrogen) atoms. The molecule has 0 aromatic heterocycles. The monoisotopic (exact) mass is 365 g/mol. The SMILES string of the molecule is Cc1cc(C)c(Oc2ccc3c(c2)CCC[C@H]3C2OC(=O)NC2=O)cc1C. The summed E-state index contributed by atoms with van der Waals surface area (Å²) in [6, 6.07) is 10.2. The second-order valence-electron chi connectivity index (χ2n) is 7.48. The van der Waals surface area contributed by atoms with Crippen LogP contribution in [-0.4, -0.2) is 18.1 Å². The third-order valence-corrected chi connectivity index (χ3v) is 5.58. The second kappa shape index (κ2) is 6.72. The largest absolute Gasteiger partial charge is 0.457 e. The molecule has 1 heterocycles. The first-order valence-electron chi connectivity index (χ1n) is 9.32. The van der Waals surface area contributed by atoms with E-state index in [2.05, 4.69) is 31.3 Å². The maximum absolute atomic E-state index is 12.0. The predicted octanol–water partition coefficient (Wildman–Crippen LogP) is 4.46. The van der Waals surface area contributed by atoms with Gasteiger partial charge in [0.25, 0.3) is 5.91 Å². The summed E-state index contributed by atoms with van der Waals surface area (Å²) >= 11 is 0. The molecular formula is C22H23NO4. The lowest BCUT2D eigenvalue weighted by atomic mass is 9.79. The Morgan fingerprint density at radius 1 is 1.04 bits per heavy atom. The molecule has 1 aliphatic carbocycles. The minimum atomic E-state index is -0.731. The molecule has 0 saturated carbocycles. The summed E-state index contributed by atoms with van der Waals surface area (Å²) in [5, 5.41) is 2.23. The van der Waals surface area contributed by atoms with E-state index in [0.717, 1.165) is 47.5 Å². The van der Waals surface area contributed by atoms with Crippen molar-refractivity contribution in [1.29, 1.82) is 0 Å². The minimum Gasteiger partial charge on any atom is -0.457 e. The number of cyclic esters (lactones) is 1. The number of hydrogen-bond donors (Lipinski definition) is 1. The number of carbonyl (C=O) groups excluding carboxylic acids is 2. The fraction of sp³-hybridized carbons (Fsp3) is 0.364. The normalized spacial score (nSPS) is 21.4. The van der Waals surface area contributed by atoms with Crippen LogP contribution in [-0.2, 0) is 16.0 Å². The third-order valence-electron chi connectivity index (χ3n) is 5.58. The average molecular weight is 365 g/mol. The molecule has 4 rings (SSSR count). The lowest BCUT2D eigenvalue weighted by Gasteiger charge is -2.28. The van der Waals surface area contributed by atoms with Gasteiger partial charge in [0.05, 0.1) is 0 Å². The first kappa shape index (κ1) is 17.6. The Morgan fingerprint density at radius 2 is 1.81 bits per heavy atom. The lowest BCUT2D eigenvalue weighted by Crippen LogP contribution is -2.31. The van der Waals surface area contributed by atoms with Crippen LogP contribution in [0.25, 0.3) is 0 Å². The highest BCUT2D eigenvalue weighted by Gasteiger charge is 2.41. The fourth-order valence-corrected chi connectivity index (χ4v) is 4.01. The lowest BCUT2D eigenvalue weighted by molar-refractivity contribution is -0.124. The van der Waals surface area contributed by atoms with E-state index in [0.29, 0.717) is 0 Å². The van der Waals surface area contributed by atoms with E-state index in [9.17, 15) is 9.59 Å². The number of imide groups is 1. The van der Waals surface area contributed by atoms with Crippen molar-refractivity contribution in [2.24, 2.45) is 0 Å². The summed E-state index contributed by atoms with van der Waals surface area (Å²) in [6.45, 7) is 6.22. The van der Waals surface area contributed by atoms with Crippen LogP contribution < -0.4 is 10.1 Å². The smallest absolute Gasteiger partial charge is 0.414 e. The van der Waals surface area contributed by atoms with E-state index in [1.165, 1.54) is 11.1 Å². The molecule has 2 aromatic carbocycles. The molecule has 1 N–H and O–H groups in total. The van der Waals surface area contributed by atoms with Gasteiger partial charge in [0, 0.05) is 5.92 Å². The molecule has 140 valence electrons. The molecule has 2 aromatic rings. The number of ether oxygens (including phenoxy) is 2. The van der Waals surface area contributed by atoms with E-state index in [1.807, 2.05) is 25.1 Å². The van der Waals surface area contributed by atoms with E-state index < -0.39 is 12.2 Å². The van der Waals surface area contributed by atoms with Gasteiger partial charge in [-0.25, -0.2) is 4.79 Å². The highest BCUT2D eigenvalue weighted by molar-refractivity contribution is 6.00. The number of nitrogens with one attached hydrogen (secondary N) is 1. The third kappa shape index (κ3) is 3.29. The molecule has 0 spiro atoms. The van der Waals surface area contributed by atoms with E-state index in [-0.39, 0.29) is 11.8 Å². The van der Waals surface area contributed by atoms with Crippen LogP contribution in [0, 0.1) is 20.8 Å². The Bertz CT molecular complexity index is 934. The van der Waals surface area contributed by atoms with Gasteiger partial charge in [-0.2, -0.15) is 0 Å². The zero-order valence-electron chi connectivity index (χ0n) is 15.8. The topological polar surface area (TPSA) is 64.6 Å². The van der Waals surface area contributed by atoms with Gasteiger partial charge in [0.1, 0.15) is 11.5 Å². The van der Waals surface area contributed by atoms with Gasteiger partial charge in [-0.3, -0.25) is 10.1 Å².